The fourth-order valence-corrected chi connectivity index (χ4v) is 3.58. The van der Waals surface area contributed by atoms with Crippen molar-refractivity contribution >= 4 is 5.91 Å². The Morgan fingerprint density at radius 3 is 2.88 bits per heavy atom. The van der Waals surface area contributed by atoms with Gasteiger partial charge in [-0.25, -0.2) is 9.67 Å². The van der Waals surface area contributed by atoms with Gasteiger partial charge in [0.2, 0.25) is 0 Å². The van der Waals surface area contributed by atoms with Crippen LogP contribution in [0.3, 0.4) is 0 Å². The summed E-state index contributed by atoms with van der Waals surface area (Å²) in [6, 6.07) is 7.34. The molecular weight excluding hydrogens is 316 g/mol. The van der Waals surface area contributed by atoms with Crippen molar-refractivity contribution in [3.8, 4) is 5.82 Å². The quantitative estimate of drug-likeness (QED) is 0.797. The minimum Gasteiger partial charge on any atom is -0.330 e. The fourth-order valence-electron chi connectivity index (χ4n) is 3.58. The first-order valence-corrected chi connectivity index (χ1v) is 8.44. The van der Waals surface area contributed by atoms with Crippen LogP contribution in [0.15, 0.2) is 36.7 Å². The second-order valence-corrected chi connectivity index (χ2v) is 6.34. The van der Waals surface area contributed by atoms with E-state index in [9.17, 15) is 4.79 Å². The molecule has 0 bridgehead atoms. The van der Waals surface area contributed by atoms with E-state index >= 15 is 0 Å². The molecule has 0 unspecified atom stereocenters. The average molecular weight is 336 g/mol. The van der Waals surface area contributed by atoms with Gasteiger partial charge in [0.25, 0.3) is 5.91 Å². The van der Waals surface area contributed by atoms with E-state index in [2.05, 4.69) is 20.3 Å². The van der Waals surface area contributed by atoms with Crippen LogP contribution in [0.4, 0.5) is 0 Å². The molecule has 1 fully saturated rings. The van der Waals surface area contributed by atoms with E-state index < -0.39 is 0 Å². The van der Waals surface area contributed by atoms with Gasteiger partial charge in [0, 0.05) is 30.2 Å². The molecule has 7 heteroatoms. The third-order valence-corrected chi connectivity index (χ3v) is 4.72. The predicted molar refractivity (Wildman–Crippen MR) is 92.4 cm³/mol. The first kappa shape index (κ1) is 15.6. The summed E-state index contributed by atoms with van der Waals surface area (Å²) in [6.45, 7) is 4.73. The largest absolute Gasteiger partial charge is 0.330 e. The lowest BCUT2D eigenvalue weighted by Gasteiger charge is -2.25. The van der Waals surface area contributed by atoms with Gasteiger partial charge in [-0.3, -0.25) is 9.89 Å². The first-order valence-electron chi connectivity index (χ1n) is 8.44. The molecule has 4 heterocycles. The number of aryl methyl sites for hydroxylation is 2. The van der Waals surface area contributed by atoms with Crippen LogP contribution in [0.25, 0.3) is 5.82 Å². The molecule has 4 rings (SSSR count). The number of rotatable bonds is 3. The minimum atomic E-state index is -0.0449. The summed E-state index contributed by atoms with van der Waals surface area (Å²) in [5.41, 5.74) is 3.56. The van der Waals surface area contributed by atoms with Crippen LogP contribution < -0.4 is 0 Å². The number of likely N-dealkylation sites (tertiary alicyclic amines) is 1. The van der Waals surface area contributed by atoms with Gasteiger partial charge in [0.1, 0.15) is 5.69 Å². The second kappa shape index (κ2) is 6.16. The zero-order valence-corrected chi connectivity index (χ0v) is 14.3. The van der Waals surface area contributed by atoms with Gasteiger partial charge in [-0.15, -0.1) is 0 Å². The molecule has 1 aliphatic rings. The maximum atomic E-state index is 13.1. The lowest BCUT2D eigenvalue weighted by molar-refractivity contribution is 0.0729. The van der Waals surface area contributed by atoms with Crippen molar-refractivity contribution in [3.05, 3.63) is 59.3 Å². The number of carbonyl (C=O) groups excluding carboxylic acids is 1. The van der Waals surface area contributed by atoms with Crippen LogP contribution >= 0.6 is 0 Å². The Bertz CT molecular complexity index is 879. The minimum absolute atomic E-state index is 0.0449. The van der Waals surface area contributed by atoms with Crippen molar-refractivity contribution in [2.45, 2.75) is 32.7 Å². The molecule has 0 spiro atoms. The molecule has 3 aromatic rings. The Balaban J connectivity index is 1.65. The Kier molecular flexibility index (Phi) is 3.83. The smallest absolute Gasteiger partial charge is 0.273 e. The van der Waals surface area contributed by atoms with Crippen molar-refractivity contribution in [2.75, 3.05) is 6.54 Å². The summed E-state index contributed by atoms with van der Waals surface area (Å²) in [7, 11) is 0. The summed E-state index contributed by atoms with van der Waals surface area (Å²) in [6.07, 6.45) is 5.44. The number of pyridine rings is 1. The molecule has 1 N–H and O–H groups in total. The van der Waals surface area contributed by atoms with Gasteiger partial charge in [0.05, 0.1) is 11.7 Å². The van der Waals surface area contributed by atoms with Gasteiger partial charge in [-0.1, -0.05) is 6.07 Å². The van der Waals surface area contributed by atoms with Crippen LogP contribution in [0, 0.1) is 13.8 Å². The fraction of sp³-hybridized carbons (Fsp3) is 0.333. The number of carbonyl (C=O) groups is 1. The normalized spacial score (nSPS) is 17.2. The van der Waals surface area contributed by atoms with Crippen molar-refractivity contribution in [1.82, 2.24) is 29.9 Å². The standard InChI is InChI=1S/C18H20N6O/c1-12-17(13(2)22-21-12)15-7-4-10-23(15)18(25)14-6-3-8-16(20-14)24-11-5-9-19-24/h3,5-6,8-9,11,15H,4,7,10H2,1-2H3,(H,21,22)/t15-/m0/s1. The highest BCUT2D eigenvalue weighted by molar-refractivity contribution is 5.93. The zero-order valence-electron chi connectivity index (χ0n) is 14.3. The van der Waals surface area contributed by atoms with Crippen LogP contribution in [0.1, 0.15) is 46.3 Å². The molecular formula is C18H20N6O. The van der Waals surface area contributed by atoms with Crippen molar-refractivity contribution in [2.24, 2.45) is 0 Å². The molecule has 0 saturated carbocycles. The van der Waals surface area contributed by atoms with Gasteiger partial charge >= 0.3 is 0 Å². The third kappa shape index (κ3) is 2.71. The Morgan fingerprint density at radius 1 is 1.28 bits per heavy atom. The molecule has 1 aliphatic heterocycles. The monoisotopic (exact) mass is 336 g/mol. The summed E-state index contributed by atoms with van der Waals surface area (Å²) >= 11 is 0. The van der Waals surface area contributed by atoms with E-state index in [1.165, 1.54) is 0 Å². The number of hydrogen-bond acceptors (Lipinski definition) is 4. The number of amides is 1. The lowest BCUT2D eigenvalue weighted by atomic mass is 10.0. The molecule has 7 nitrogen and oxygen atoms in total. The molecule has 128 valence electrons. The molecule has 1 atom stereocenters. The number of nitrogens with zero attached hydrogens (tertiary/aromatic N) is 5. The van der Waals surface area contributed by atoms with Crippen LogP contribution in [0.2, 0.25) is 0 Å². The lowest BCUT2D eigenvalue weighted by Crippen LogP contribution is -2.31. The maximum Gasteiger partial charge on any atom is 0.273 e. The van der Waals surface area contributed by atoms with E-state index in [1.807, 2.05) is 43.1 Å². The Morgan fingerprint density at radius 2 is 2.16 bits per heavy atom. The van der Waals surface area contributed by atoms with E-state index in [0.29, 0.717) is 11.5 Å². The van der Waals surface area contributed by atoms with E-state index in [1.54, 1.807) is 16.9 Å². The summed E-state index contributed by atoms with van der Waals surface area (Å²) in [5.74, 6) is 0.596. The molecule has 25 heavy (non-hydrogen) atoms. The molecule has 0 aromatic carbocycles. The molecule has 1 amide bonds. The highest BCUT2D eigenvalue weighted by Crippen LogP contribution is 2.35. The van der Waals surface area contributed by atoms with E-state index in [0.717, 1.165) is 36.3 Å². The van der Waals surface area contributed by atoms with E-state index in [-0.39, 0.29) is 11.9 Å². The number of nitrogens with one attached hydrogen (secondary N) is 1. The molecule has 1 saturated heterocycles. The highest BCUT2D eigenvalue weighted by Gasteiger charge is 2.34. The van der Waals surface area contributed by atoms with Gasteiger partial charge in [-0.2, -0.15) is 10.2 Å². The zero-order chi connectivity index (χ0) is 17.4. The van der Waals surface area contributed by atoms with Crippen molar-refractivity contribution < 1.29 is 4.79 Å². The number of hydrogen-bond donors (Lipinski definition) is 1. The summed E-state index contributed by atoms with van der Waals surface area (Å²) in [4.78, 5) is 19.5. The average Bonchev–Trinajstić information content (AvgIpc) is 3.36. The Hall–Kier alpha value is -2.96. The molecule has 0 radical (unpaired) electrons. The van der Waals surface area contributed by atoms with Gasteiger partial charge < -0.3 is 4.90 Å². The summed E-state index contributed by atoms with van der Waals surface area (Å²) < 4.78 is 1.66. The van der Waals surface area contributed by atoms with Crippen LogP contribution in [0.5, 0.6) is 0 Å². The van der Waals surface area contributed by atoms with Crippen LogP contribution in [-0.4, -0.2) is 42.3 Å². The first-order chi connectivity index (χ1) is 12.1. The second-order valence-electron chi connectivity index (χ2n) is 6.34. The third-order valence-electron chi connectivity index (χ3n) is 4.72. The topological polar surface area (TPSA) is 79.7 Å². The van der Waals surface area contributed by atoms with Gasteiger partial charge in [-0.05, 0) is 44.9 Å². The highest BCUT2D eigenvalue weighted by atomic mass is 16.2. The Labute approximate surface area is 145 Å². The molecule has 3 aromatic heterocycles. The van der Waals surface area contributed by atoms with Crippen LogP contribution in [-0.2, 0) is 0 Å². The van der Waals surface area contributed by atoms with E-state index in [4.69, 9.17) is 0 Å². The number of aromatic amines is 1. The number of aromatic nitrogens is 5. The van der Waals surface area contributed by atoms with Crippen molar-refractivity contribution in [3.63, 3.8) is 0 Å². The predicted octanol–water partition coefficient (Wildman–Crippen LogP) is 2.58. The molecule has 0 aliphatic carbocycles. The maximum absolute atomic E-state index is 13.1. The number of H-pyrrole nitrogens is 1. The van der Waals surface area contributed by atoms with Crippen molar-refractivity contribution in [1.29, 1.82) is 0 Å². The SMILES string of the molecule is Cc1n[nH]c(C)c1[C@@H]1CCCN1C(=O)c1cccc(-n2cccn2)n1. The van der Waals surface area contributed by atoms with Gasteiger partial charge in [0.15, 0.2) is 5.82 Å². The summed E-state index contributed by atoms with van der Waals surface area (Å²) in [5, 5.41) is 11.5.